The quantitative estimate of drug-likeness (QED) is 0.529. The average Bonchev–Trinajstić information content (AvgIpc) is 3.36. The number of nitrogens with one attached hydrogen (secondary N) is 2. The molecular formula is C28H37ClF2N2O2. The molecule has 4 unspecified atom stereocenters. The van der Waals surface area contributed by atoms with Crippen molar-refractivity contribution in [2.75, 3.05) is 0 Å². The molecule has 4 atom stereocenters. The fourth-order valence-corrected chi connectivity index (χ4v) is 5.96. The van der Waals surface area contributed by atoms with E-state index in [-0.39, 0.29) is 24.0 Å². The van der Waals surface area contributed by atoms with Gasteiger partial charge in [-0.25, -0.2) is 8.78 Å². The molecule has 0 amide bonds. The normalized spacial score (nSPS) is 30.8. The summed E-state index contributed by atoms with van der Waals surface area (Å²) in [6, 6.07) is 15.9. The maximum Gasteiger partial charge on any atom is 0.123 e. The van der Waals surface area contributed by atoms with E-state index in [4.69, 9.17) is 9.47 Å². The van der Waals surface area contributed by atoms with Crippen molar-refractivity contribution in [3.63, 3.8) is 0 Å². The molecule has 4 bridgehead atoms. The highest BCUT2D eigenvalue weighted by Gasteiger charge is 2.34. The smallest absolute Gasteiger partial charge is 0.123 e. The van der Waals surface area contributed by atoms with Gasteiger partial charge in [0.05, 0.1) is 25.4 Å². The minimum atomic E-state index is -0.184. The van der Waals surface area contributed by atoms with Crippen LogP contribution < -0.4 is 10.6 Å². The lowest BCUT2D eigenvalue weighted by molar-refractivity contribution is 0.00892. The van der Waals surface area contributed by atoms with E-state index in [9.17, 15) is 8.78 Å². The van der Waals surface area contributed by atoms with Gasteiger partial charge in [0.1, 0.15) is 11.6 Å². The van der Waals surface area contributed by atoms with Gasteiger partial charge in [-0.3, -0.25) is 0 Å². The lowest BCUT2D eigenvalue weighted by Crippen LogP contribution is -2.41. The van der Waals surface area contributed by atoms with E-state index in [0.29, 0.717) is 49.6 Å². The van der Waals surface area contributed by atoms with Crippen LogP contribution in [0.25, 0.3) is 0 Å². The molecule has 0 aliphatic carbocycles. The molecule has 0 radical (unpaired) electrons. The lowest BCUT2D eigenvalue weighted by Gasteiger charge is -2.29. The summed E-state index contributed by atoms with van der Waals surface area (Å²) in [5, 5.41) is 7.18. The average molecular weight is 507 g/mol. The van der Waals surface area contributed by atoms with E-state index in [2.05, 4.69) is 10.6 Å². The van der Waals surface area contributed by atoms with Gasteiger partial charge in [-0.1, -0.05) is 24.3 Å². The molecule has 4 aliphatic heterocycles. The minimum Gasteiger partial charge on any atom is -0.373 e. The molecule has 2 N–H and O–H groups in total. The summed E-state index contributed by atoms with van der Waals surface area (Å²) in [7, 11) is 0. The molecule has 0 saturated carbocycles. The van der Waals surface area contributed by atoms with Crippen LogP contribution in [0.2, 0.25) is 0 Å². The second-order valence-electron chi connectivity index (χ2n) is 10.3. The maximum atomic E-state index is 13.0. The number of hydrogen-bond acceptors (Lipinski definition) is 4. The van der Waals surface area contributed by atoms with Crippen molar-refractivity contribution in [2.45, 2.75) is 101 Å². The number of halogens is 3. The number of ether oxygens (including phenoxy) is 2. The van der Waals surface area contributed by atoms with Gasteiger partial charge >= 0.3 is 0 Å². The standard InChI is InChI=1S/2C14H18FNO.ClH/c2*15-11-3-1-2-10(6-11)9-17-14-7-12-4-5-13(8-14)16-12;/h2*1-3,6,12-14,16H,4-5,7-9H2;1H. The molecule has 0 aromatic heterocycles. The van der Waals surface area contributed by atoms with E-state index in [1.54, 1.807) is 24.3 Å². The van der Waals surface area contributed by atoms with Crippen LogP contribution in [-0.4, -0.2) is 36.4 Å². The highest BCUT2D eigenvalue weighted by Crippen LogP contribution is 2.30. The molecule has 4 nitrogen and oxygen atoms in total. The zero-order chi connectivity index (χ0) is 23.3. The van der Waals surface area contributed by atoms with Crippen LogP contribution in [0.3, 0.4) is 0 Å². The Kier molecular flexibility index (Phi) is 9.53. The van der Waals surface area contributed by atoms with E-state index < -0.39 is 0 Å². The summed E-state index contributed by atoms with van der Waals surface area (Å²) >= 11 is 0. The van der Waals surface area contributed by atoms with Gasteiger partial charge in [0, 0.05) is 24.2 Å². The highest BCUT2D eigenvalue weighted by molar-refractivity contribution is 5.85. The Morgan fingerprint density at radius 1 is 0.629 bits per heavy atom. The first-order chi connectivity index (χ1) is 16.6. The first kappa shape index (κ1) is 26.5. The molecule has 35 heavy (non-hydrogen) atoms. The molecule has 192 valence electrons. The van der Waals surface area contributed by atoms with Crippen molar-refractivity contribution in [1.82, 2.24) is 10.6 Å². The number of benzene rings is 2. The van der Waals surface area contributed by atoms with Crippen LogP contribution in [0, 0.1) is 11.6 Å². The Morgan fingerprint density at radius 3 is 1.34 bits per heavy atom. The zero-order valence-corrected chi connectivity index (χ0v) is 21.0. The van der Waals surface area contributed by atoms with Crippen LogP contribution >= 0.6 is 12.4 Å². The van der Waals surface area contributed by atoms with Crippen LogP contribution in [0.4, 0.5) is 8.78 Å². The Bertz CT molecular complexity index is 849. The summed E-state index contributed by atoms with van der Waals surface area (Å²) in [5.74, 6) is -0.368. The molecule has 6 rings (SSSR count). The Labute approximate surface area is 213 Å². The predicted octanol–water partition coefficient (Wildman–Crippen LogP) is 5.67. The summed E-state index contributed by atoms with van der Waals surface area (Å²) in [4.78, 5) is 0. The minimum absolute atomic E-state index is 0. The van der Waals surface area contributed by atoms with Gasteiger partial charge in [0.15, 0.2) is 0 Å². The Hall–Kier alpha value is -1.57. The van der Waals surface area contributed by atoms with E-state index in [1.165, 1.54) is 37.8 Å². The third kappa shape index (κ3) is 7.70. The highest BCUT2D eigenvalue weighted by atomic mass is 35.5. The first-order valence-electron chi connectivity index (χ1n) is 12.8. The summed E-state index contributed by atoms with van der Waals surface area (Å²) in [6.45, 7) is 1.06. The fraction of sp³-hybridized carbons (Fsp3) is 0.571. The molecule has 2 aromatic rings. The molecule has 0 spiro atoms. The number of hydrogen-bond donors (Lipinski definition) is 2. The van der Waals surface area contributed by atoms with E-state index in [1.807, 2.05) is 12.1 Å². The topological polar surface area (TPSA) is 42.5 Å². The second kappa shape index (κ2) is 12.6. The molecule has 4 aliphatic rings. The third-order valence-electron chi connectivity index (χ3n) is 7.61. The van der Waals surface area contributed by atoms with Crippen molar-refractivity contribution < 1.29 is 18.3 Å². The predicted molar refractivity (Wildman–Crippen MR) is 136 cm³/mol. The fourth-order valence-electron chi connectivity index (χ4n) is 5.96. The molecule has 4 fully saturated rings. The van der Waals surface area contributed by atoms with E-state index >= 15 is 0 Å². The molecule has 4 saturated heterocycles. The van der Waals surface area contributed by atoms with Crippen LogP contribution in [0.1, 0.15) is 62.5 Å². The molecule has 2 aromatic carbocycles. The Morgan fingerprint density at radius 2 is 1.00 bits per heavy atom. The number of piperidine rings is 2. The van der Waals surface area contributed by atoms with Crippen molar-refractivity contribution in [1.29, 1.82) is 0 Å². The van der Waals surface area contributed by atoms with Gasteiger partial charge in [-0.15, -0.1) is 12.4 Å². The maximum absolute atomic E-state index is 13.0. The van der Waals surface area contributed by atoms with Gasteiger partial charge in [-0.05, 0) is 86.8 Å². The van der Waals surface area contributed by atoms with Crippen LogP contribution in [-0.2, 0) is 22.7 Å². The summed E-state index contributed by atoms with van der Waals surface area (Å²) < 4.78 is 37.8. The molecular weight excluding hydrogens is 470 g/mol. The van der Waals surface area contributed by atoms with E-state index in [0.717, 1.165) is 36.8 Å². The van der Waals surface area contributed by atoms with Crippen molar-refractivity contribution in [2.24, 2.45) is 0 Å². The first-order valence-corrected chi connectivity index (χ1v) is 12.8. The zero-order valence-electron chi connectivity index (χ0n) is 20.1. The third-order valence-corrected chi connectivity index (χ3v) is 7.61. The van der Waals surface area contributed by atoms with Crippen molar-refractivity contribution >= 4 is 12.4 Å². The summed E-state index contributed by atoms with van der Waals surface area (Å²) in [6.07, 6.45) is 10.2. The van der Waals surface area contributed by atoms with Gasteiger partial charge in [-0.2, -0.15) is 0 Å². The van der Waals surface area contributed by atoms with Gasteiger partial charge < -0.3 is 20.1 Å². The lowest BCUT2D eigenvalue weighted by atomic mass is 10.0. The molecule has 4 heterocycles. The Balaban J connectivity index is 0.000000160. The molecule has 7 heteroatoms. The van der Waals surface area contributed by atoms with Gasteiger partial charge in [0.25, 0.3) is 0 Å². The SMILES string of the molecule is Cl.Fc1cccc(COC2CC3CCC(C2)N3)c1.Fc1cccc(COC2CC3CCC(C2)N3)c1. The van der Waals surface area contributed by atoms with Crippen LogP contribution in [0.5, 0.6) is 0 Å². The second-order valence-corrected chi connectivity index (χ2v) is 10.3. The largest absolute Gasteiger partial charge is 0.373 e. The number of rotatable bonds is 6. The van der Waals surface area contributed by atoms with Crippen LogP contribution in [0.15, 0.2) is 48.5 Å². The van der Waals surface area contributed by atoms with Crippen molar-refractivity contribution in [3.05, 3.63) is 71.3 Å². The number of fused-ring (bicyclic) bond motifs is 4. The van der Waals surface area contributed by atoms with Gasteiger partial charge in [0.2, 0.25) is 0 Å². The summed E-state index contributed by atoms with van der Waals surface area (Å²) in [5.41, 5.74) is 1.85. The monoisotopic (exact) mass is 506 g/mol. The van der Waals surface area contributed by atoms with Crippen molar-refractivity contribution in [3.8, 4) is 0 Å².